The molecule has 0 aliphatic heterocycles. The maximum absolute atomic E-state index is 5.01. The summed E-state index contributed by atoms with van der Waals surface area (Å²) in [6.07, 6.45) is 2.37. The molecule has 1 atom stereocenters. The molecule has 0 aromatic heterocycles. The van der Waals surface area contributed by atoms with Gasteiger partial charge in [-0.05, 0) is 39.4 Å². The van der Waals surface area contributed by atoms with Gasteiger partial charge in [-0.2, -0.15) is 0 Å². The summed E-state index contributed by atoms with van der Waals surface area (Å²) in [6.45, 7) is 11.6. The molecule has 114 valence electrons. The van der Waals surface area contributed by atoms with E-state index in [2.05, 4.69) is 41.3 Å². The molecule has 0 bridgehead atoms. The van der Waals surface area contributed by atoms with Crippen LogP contribution in [0.2, 0.25) is 0 Å². The van der Waals surface area contributed by atoms with E-state index in [9.17, 15) is 0 Å². The average Bonchev–Trinajstić information content (AvgIpc) is 2.42. The predicted octanol–water partition coefficient (Wildman–Crippen LogP) is 1.31. The van der Waals surface area contributed by atoms with E-state index in [0.717, 1.165) is 32.0 Å². The first kappa shape index (κ1) is 18.2. The molecule has 0 radical (unpaired) electrons. The normalized spacial score (nSPS) is 13.7. The van der Waals surface area contributed by atoms with Crippen LogP contribution in [0.15, 0.2) is 4.99 Å². The van der Waals surface area contributed by atoms with Gasteiger partial charge in [0.2, 0.25) is 0 Å². The second-order valence-corrected chi connectivity index (χ2v) is 4.71. The van der Waals surface area contributed by atoms with Gasteiger partial charge in [-0.15, -0.1) is 0 Å². The molecule has 5 heteroatoms. The van der Waals surface area contributed by atoms with E-state index in [1.807, 2.05) is 0 Å². The number of ether oxygens (including phenoxy) is 1. The third-order valence-electron chi connectivity index (χ3n) is 3.21. The van der Waals surface area contributed by atoms with Crippen molar-refractivity contribution in [2.45, 2.75) is 39.7 Å². The van der Waals surface area contributed by atoms with Crippen molar-refractivity contribution in [3.05, 3.63) is 0 Å². The Morgan fingerprint density at radius 3 is 2.53 bits per heavy atom. The smallest absolute Gasteiger partial charge is 0.191 e. The van der Waals surface area contributed by atoms with E-state index < -0.39 is 0 Å². The van der Waals surface area contributed by atoms with Gasteiger partial charge in [0.1, 0.15) is 0 Å². The van der Waals surface area contributed by atoms with E-state index >= 15 is 0 Å². The van der Waals surface area contributed by atoms with E-state index in [1.165, 1.54) is 13.0 Å². The van der Waals surface area contributed by atoms with E-state index in [-0.39, 0.29) is 0 Å². The second-order valence-electron chi connectivity index (χ2n) is 4.71. The molecule has 0 amide bonds. The SMILES string of the molecule is CCN(CC)CCCC(C)NC(=NC)NCCOC. The lowest BCUT2D eigenvalue weighted by Crippen LogP contribution is -2.43. The Kier molecular flexibility index (Phi) is 11.7. The van der Waals surface area contributed by atoms with Crippen LogP contribution in [-0.2, 0) is 4.74 Å². The van der Waals surface area contributed by atoms with Crippen molar-refractivity contribution >= 4 is 5.96 Å². The van der Waals surface area contributed by atoms with Gasteiger partial charge in [-0.25, -0.2) is 0 Å². The van der Waals surface area contributed by atoms with Crippen LogP contribution in [0.5, 0.6) is 0 Å². The molecule has 0 aromatic carbocycles. The van der Waals surface area contributed by atoms with Crippen molar-refractivity contribution in [1.82, 2.24) is 15.5 Å². The molecule has 5 nitrogen and oxygen atoms in total. The van der Waals surface area contributed by atoms with Crippen LogP contribution >= 0.6 is 0 Å². The molecule has 0 saturated carbocycles. The topological polar surface area (TPSA) is 48.9 Å². The summed E-state index contributed by atoms with van der Waals surface area (Å²) < 4.78 is 5.01. The number of hydrogen-bond donors (Lipinski definition) is 2. The van der Waals surface area contributed by atoms with Gasteiger partial charge >= 0.3 is 0 Å². The third-order valence-corrected chi connectivity index (χ3v) is 3.21. The molecule has 0 fully saturated rings. The first-order valence-corrected chi connectivity index (χ1v) is 7.36. The molecule has 0 aliphatic carbocycles. The van der Waals surface area contributed by atoms with Crippen molar-refractivity contribution in [3.8, 4) is 0 Å². The number of rotatable bonds is 10. The molecule has 0 aromatic rings. The highest BCUT2D eigenvalue weighted by Crippen LogP contribution is 1.99. The average molecular weight is 272 g/mol. The van der Waals surface area contributed by atoms with E-state index in [1.54, 1.807) is 14.2 Å². The first-order chi connectivity index (χ1) is 9.17. The van der Waals surface area contributed by atoms with Gasteiger partial charge in [0.15, 0.2) is 5.96 Å². The Balaban J connectivity index is 3.78. The van der Waals surface area contributed by atoms with Gasteiger partial charge in [-0.1, -0.05) is 13.8 Å². The molecule has 0 heterocycles. The van der Waals surface area contributed by atoms with Gasteiger partial charge < -0.3 is 20.3 Å². The summed E-state index contributed by atoms with van der Waals surface area (Å²) in [6, 6.07) is 0.435. The molecule has 19 heavy (non-hydrogen) atoms. The lowest BCUT2D eigenvalue weighted by Gasteiger charge is -2.21. The van der Waals surface area contributed by atoms with Crippen LogP contribution < -0.4 is 10.6 Å². The highest BCUT2D eigenvalue weighted by Gasteiger charge is 2.06. The number of aliphatic imine (C=N–C) groups is 1. The molecule has 0 saturated heterocycles. The quantitative estimate of drug-likeness (QED) is 0.358. The van der Waals surface area contributed by atoms with E-state index in [0.29, 0.717) is 12.6 Å². The Morgan fingerprint density at radius 2 is 2.00 bits per heavy atom. The lowest BCUT2D eigenvalue weighted by atomic mass is 10.2. The Morgan fingerprint density at radius 1 is 1.32 bits per heavy atom. The van der Waals surface area contributed by atoms with Crippen molar-refractivity contribution in [2.24, 2.45) is 4.99 Å². The lowest BCUT2D eigenvalue weighted by molar-refractivity contribution is 0.203. The van der Waals surface area contributed by atoms with Crippen LogP contribution in [0.25, 0.3) is 0 Å². The highest BCUT2D eigenvalue weighted by molar-refractivity contribution is 5.79. The molecule has 0 spiro atoms. The summed E-state index contributed by atoms with van der Waals surface area (Å²) in [5.74, 6) is 0.854. The third kappa shape index (κ3) is 9.73. The molecular formula is C14H32N4O. The molecule has 0 aliphatic rings. The number of nitrogens with one attached hydrogen (secondary N) is 2. The van der Waals surface area contributed by atoms with Crippen LogP contribution in [0, 0.1) is 0 Å². The van der Waals surface area contributed by atoms with Crippen molar-refractivity contribution < 1.29 is 4.74 Å². The minimum atomic E-state index is 0.435. The number of nitrogens with zero attached hydrogens (tertiary/aromatic N) is 2. The van der Waals surface area contributed by atoms with Crippen LogP contribution in [0.1, 0.15) is 33.6 Å². The highest BCUT2D eigenvalue weighted by atomic mass is 16.5. The molecule has 1 unspecified atom stereocenters. The van der Waals surface area contributed by atoms with Crippen LogP contribution in [-0.4, -0.2) is 63.8 Å². The molecule has 2 N–H and O–H groups in total. The summed E-state index contributed by atoms with van der Waals surface area (Å²) in [5, 5.41) is 6.63. The Hall–Kier alpha value is -0.810. The minimum Gasteiger partial charge on any atom is -0.383 e. The second kappa shape index (κ2) is 12.2. The molecule has 0 rings (SSSR count). The summed E-state index contributed by atoms with van der Waals surface area (Å²) >= 11 is 0. The summed E-state index contributed by atoms with van der Waals surface area (Å²) in [5.41, 5.74) is 0. The summed E-state index contributed by atoms with van der Waals surface area (Å²) in [4.78, 5) is 6.66. The van der Waals surface area contributed by atoms with Gasteiger partial charge in [0.25, 0.3) is 0 Å². The Labute approximate surface area is 118 Å². The number of guanidine groups is 1. The number of hydrogen-bond acceptors (Lipinski definition) is 3. The first-order valence-electron chi connectivity index (χ1n) is 7.36. The zero-order chi connectivity index (χ0) is 14.5. The van der Waals surface area contributed by atoms with Crippen LogP contribution in [0.3, 0.4) is 0 Å². The van der Waals surface area contributed by atoms with Gasteiger partial charge in [0, 0.05) is 26.7 Å². The minimum absolute atomic E-state index is 0.435. The maximum atomic E-state index is 5.01. The van der Waals surface area contributed by atoms with Gasteiger partial charge in [-0.3, -0.25) is 4.99 Å². The number of methoxy groups -OCH3 is 1. The van der Waals surface area contributed by atoms with Crippen molar-refractivity contribution in [3.63, 3.8) is 0 Å². The fraction of sp³-hybridized carbons (Fsp3) is 0.929. The fourth-order valence-corrected chi connectivity index (χ4v) is 1.93. The molecular weight excluding hydrogens is 240 g/mol. The predicted molar refractivity (Wildman–Crippen MR) is 82.9 cm³/mol. The van der Waals surface area contributed by atoms with Crippen molar-refractivity contribution in [2.75, 3.05) is 46.9 Å². The zero-order valence-corrected chi connectivity index (χ0v) is 13.3. The Bertz CT molecular complexity index is 229. The standard InChI is InChI=1S/C14H32N4O/c1-6-18(7-2)11-8-9-13(3)17-14(15-4)16-10-12-19-5/h13H,6-12H2,1-5H3,(H2,15,16,17). The van der Waals surface area contributed by atoms with Crippen molar-refractivity contribution in [1.29, 1.82) is 0 Å². The fourth-order valence-electron chi connectivity index (χ4n) is 1.93. The maximum Gasteiger partial charge on any atom is 0.191 e. The summed E-state index contributed by atoms with van der Waals surface area (Å²) in [7, 11) is 3.50. The largest absolute Gasteiger partial charge is 0.383 e. The van der Waals surface area contributed by atoms with E-state index in [4.69, 9.17) is 4.74 Å². The van der Waals surface area contributed by atoms with Crippen LogP contribution in [0.4, 0.5) is 0 Å². The monoisotopic (exact) mass is 272 g/mol. The van der Waals surface area contributed by atoms with Gasteiger partial charge in [0.05, 0.1) is 6.61 Å². The zero-order valence-electron chi connectivity index (χ0n) is 13.3.